The molecule has 1 heterocycles. The summed E-state index contributed by atoms with van der Waals surface area (Å²) in [4.78, 5) is 10.7. The van der Waals surface area contributed by atoms with Gasteiger partial charge in [0.2, 0.25) is 0 Å². The summed E-state index contributed by atoms with van der Waals surface area (Å²) in [6.45, 7) is 0. The molecule has 3 nitrogen and oxygen atoms in total. The molecule has 0 aliphatic carbocycles. The third kappa shape index (κ3) is 2.86. The number of benzene rings is 1. The molecule has 0 bridgehead atoms. The molecule has 1 N–H and O–H groups in total. The van der Waals surface area contributed by atoms with Crippen molar-refractivity contribution in [2.24, 2.45) is 0 Å². The van der Waals surface area contributed by atoms with Crippen molar-refractivity contribution in [2.45, 2.75) is 0 Å². The Kier molecular flexibility index (Phi) is 4.70. The van der Waals surface area contributed by atoms with E-state index in [1.807, 2.05) is 30.3 Å². The number of aromatic amines is 1. The molecule has 14 heavy (non-hydrogen) atoms. The fourth-order valence-corrected chi connectivity index (χ4v) is 1.11. The molecule has 0 spiro atoms. The predicted octanol–water partition coefficient (Wildman–Crippen LogP) is -1.56. The summed E-state index contributed by atoms with van der Waals surface area (Å²) in [7, 11) is 0. The van der Waals surface area contributed by atoms with Crippen LogP contribution in [-0.2, 0) is 0 Å². The molecule has 1 aromatic heterocycles. The summed E-state index contributed by atoms with van der Waals surface area (Å²) < 4.78 is 0. The van der Waals surface area contributed by atoms with Crippen LogP contribution in [0.4, 0.5) is 0 Å². The van der Waals surface area contributed by atoms with Crippen LogP contribution in [0.1, 0.15) is 0 Å². The first-order valence-electron chi connectivity index (χ1n) is 3.97. The Morgan fingerprint density at radius 1 is 1.00 bits per heavy atom. The van der Waals surface area contributed by atoms with Crippen molar-refractivity contribution in [2.75, 3.05) is 0 Å². The molecule has 1 aromatic carbocycles. The molecule has 0 amide bonds. The minimum Gasteiger partial charge on any atom is -0.268 e. The topological polar surface area (TPSA) is 45.8 Å². The first-order chi connectivity index (χ1) is 6.36. The van der Waals surface area contributed by atoms with Gasteiger partial charge in [0.1, 0.15) is 0 Å². The summed E-state index contributed by atoms with van der Waals surface area (Å²) in [5.41, 5.74) is 1.60. The van der Waals surface area contributed by atoms with E-state index >= 15 is 0 Å². The smallest absolute Gasteiger partial charge is 0.268 e. The van der Waals surface area contributed by atoms with Gasteiger partial charge in [0.15, 0.2) is 0 Å². The van der Waals surface area contributed by atoms with Crippen molar-refractivity contribution in [3.8, 4) is 11.3 Å². The van der Waals surface area contributed by atoms with Gasteiger partial charge in [-0.1, -0.05) is 30.3 Å². The molecule has 0 saturated carbocycles. The minimum absolute atomic E-state index is 0. The zero-order valence-electron chi connectivity index (χ0n) is 7.90. The summed E-state index contributed by atoms with van der Waals surface area (Å²) in [6, 6.07) is 12.9. The Morgan fingerprint density at radius 2 is 1.71 bits per heavy atom. The van der Waals surface area contributed by atoms with Crippen molar-refractivity contribution in [1.82, 2.24) is 10.2 Å². The van der Waals surface area contributed by atoms with Crippen LogP contribution in [0.25, 0.3) is 11.3 Å². The number of H-pyrrole nitrogens is 1. The maximum absolute atomic E-state index is 10.7. The van der Waals surface area contributed by atoms with Crippen molar-refractivity contribution in [3.63, 3.8) is 0 Å². The Morgan fingerprint density at radius 3 is 2.29 bits per heavy atom. The fourth-order valence-electron chi connectivity index (χ4n) is 1.11. The van der Waals surface area contributed by atoms with E-state index in [4.69, 9.17) is 0 Å². The van der Waals surface area contributed by atoms with E-state index in [1.165, 1.54) is 6.07 Å². The molecule has 0 radical (unpaired) electrons. The zero-order valence-corrected chi connectivity index (χ0v) is 11.0. The van der Waals surface area contributed by atoms with Crippen molar-refractivity contribution in [1.29, 1.82) is 0 Å². The predicted molar refractivity (Wildman–Crippen MR) is 50.3 cm³/mol. The summed E-state index contributed by atoms with van der Waals surface area (Å²) in [5, 5.41) is 6.30. The quantitative estimate of drug-likeness (QED) is 0.580. The monoisotopic (exact) mass is 211 g/mol. The minimum atomic E-state index is -0.181. The van der Waals surface area contributed by atoms with E-state index in [0.717, 1.165) is 11.3 Å². The van der Waals surface area contributed by atoms with E-state index in [-0.39, 0.29) is 56.9 Å². The van der Waals surface area contributed by atoms with Gasteiger partial charge in [0, 0.05) is 11.6 Å². The number of nitrogens with zero attached hydrogens (tertiary/aromatic N) is 1. The first kappa shape index (κ1) is 11.8. The molecule has 0 atom stereocenters. The Hall–Kier alpha value is -0.264. The Bertz CT molecular complexity index is 433. The Balaban J connectivity index is 0.000000980. The Labute approximate surface area is 124 Å². The molecule has 0 fully saturated rings. The van der Waals surface area contributed by atoms with Crippen LogP contribution in [0.2, 0.25) is 0 Å². The van der Waals surface area contributed by atoms with Gasteiger partial charge in [-0.05, 0) is 6.07 Å². The van der Waals surface area contributed by atoms with Crippen LogP contribution < -0.4 is 56.9 Å². The van der Waals surface area contributed by atoms with E-state index in [9.17, 15) is 4.79 Å². The zero-order chi connectivity index (χ0) is 9.10. The third-order valence-corrected chi connectivity index (χ3v) is 1.75. The molecule has 0 saturated heterocycles. The van der Waals surface area contributed by atoms with Crippen LogP contribution in [0.3, 0.4) is 0 Å². The number of nitrogens with one attached hydrogen (secondary N) is 1. The maximum atomic E-state index is 10.7. The summed E-state index contributed by atoms with van der Waals surface area (Å²) in [6.07, 6.45) is 0. The summed E-state index contributed by atoms with van der Waals surface area (Å²) in [5.74, 6) is 0. The van der Waals surface area contributed by atoms with Crippen LogP contribution in [-0.4, -0.2) is 10.2 Å². The van der Waals surface area contributed by atoms with E-state index < -0.39 is 0 Å². The molecule has 0 aliphatic heterocycles. The van der Waals surface area contributed by atoms with Gasteiger partial charge in [-0.25, -0.2) is 5.10 Å². The number of aromatic nitrogens is 2. The summed E-state index contributed by atoms with van der Waals surface area (Å²) >= 11 is 0. The average Bonchev–Trinajstić information content (AvgIpc) is 2.20. The van der Waals surface area contributed by atoms with Gasteiger partial charge in [-0.2, -0.15) is 5.10 Å². The van der Waals surface area contributed by atoms with Crippen LogP contribution in [0.15, 0.2) is 47.3 Å². The van der Waals surface area contributed by atoms with Gasteiger partial charge in [0.05, 0.1) is 5.69 Å². The molecule has 0 aliphatic rings. The van der Waals surface area contributed by atoms with E-state index in [0.29, 0.717) is 0 Å². The average molecular weight is 211 g/mol. The molecular formula is C10H8KN2O+. The molecule has 4 heteroatoms. The van der Waals surface area contributed by atoms with E-state index in [2.05, 4.69) is 10.2 Å². The fraction of sp³-hybridized carbons (Fsp3) is 0. The van der Waals surface area contributed by atoms with Gasteiger partial charge >= 0.3 is 51.4 Å². The van der Waals surface area contributed by atoms with Crippen molar-refractivity contribution in [3.05, 3.63) is 52.8 Å². The number of rotatable bonds is 1. The van der Waals surface area contributed by atoms with Crippen LogP contribution in [0.5, 0.6) is 0 Å². The molecular weight excluding hydrogens is 203 g/mol. The molecule has 2 aromatic rings. The number of hydrogen-bond donors (Lipinski definition) is 1. The molecule has 0 unspecified atom stereocenters. The first-order valence-corrected chi connectivity index (χ1v) is 3.97. The second kappa shape index (κ2) is 5.58. The second-order valence-electron chi connectivity index (χ2n) is 2.67. The van der Waals surface area contributed by atoms with Crippen molar-refractivity contribution >= 4 is 0 Å². The van der Waals surface area contributed by atoms with Gasteiger partial charge < -0.3 is 0 Å². The second-order valence-corrected chi connectivity index (χ2v) is 2.67. The largest absolute Gasteiger partial charge is 1.00 e. The van der Waals surface area contributed by atoms with Gasteiger partial charge in [-0.3, -0.25) is 4.79 Å². The van der Waals surface area contributed by atoms with E-state index in [1.54, 1.807) is 6.07 Å². The molecule has 64 valence electrons. The maximum Gasteiger partial charge on any atom is 1.00 e. The third-order valence-electron chi connectivity index (χ3n) is 1.75. The van der Waals surface area contributed by atoms with Gasteiger partial charge in [-0.15, -0.1) is 0 Å². The van der Waals surface area contributed by atoms with Crippen LogP contribution >= 0.6 is 0 Å². The van der Waals surface area contributed by atoms with Crippen LogP contribution in [0, 0.1) is 0 Å². The number of hydrogen-bond acceptors (Lipinski definition) is 2. The SMILES string of the molecule is O=c1ccc(-c2ccccc2)n[nH]1.[K+]. The standard InChI is InChI=1S/C10H8N2O.K/c13-10-7-6-9(11-12-10)8-4-2-1-3-5-8;/h1-7H,(H,12,13);/q;+1. The molecule has 2 rings (SSSR count). The normalized spacial score (nSPS) is 9.14. The van der Waals surface area contributed by atoms with Crippen molar-refractivity contribution < 1.29 is 51.4 Å². The van der Waals surface area contributed by atoms with Gasteiger partial charge in [0.25, 0.3) is 5.56 Å².